The zero-order valence-electron chi connectivity index (χ0n) is 12.0. The number of aliphatic hydroxyl groups is 1. The number of benzene rings is 1. The Morgan fingerprint density at radius 1 is 1.26 bits per heavy atom. The molecule has 1 aromatic carbocycles. The van der Waals surface area contributed by atoms with Crippen LogP contribution in [0.5, 0.6) is 0 Å². The number of aliphatic hydroxyl groups excluding tert-OH is 1. The minimum Gasteiger partial charge on any atom is -0.391 e. The zero-order chi connectivity index (χ0) is 16.6. The smallest absolute Gasteiger partial charge is 0.255 e. The highest BCUT2D eigenvalue weighted by Gasteiger charge is 2.37. The fraction of sp³-hybridized carbons (Fsp3) is 0.250. The van der Waals surface area contributed by atoms with Crippen LogP contribution in [0.1, 0.15) is 28.4 Å². The van der Waals surface area contributed by atoms with E-state index >= 15 is 0 Å². The summed E-state index contributed by atoms with van der Waals surface area (Å²) >= 11 is 0. The number of nitrogens with zero attached hydrogens (tertiary/aromatic N) is 1. The molecular formula is C16H14F2N2O3. The van der Waals surface area contributed by atoms with Crippen LogP contribution in [0.3, 0.4) is 0 Å². The molecule has 1 saturated heterocycles. The highest BCUT2D eigenvalue weighted by atomic mass is 19.1. The molecule has 5 nitrogen and oxygen atoms in total. The average Bonchev–Trinajstić information content (AvgIpc) is 2.91. The van der Waals surface area contributed by atoms with Crippen LogP contribution < -0.4 is 5.56 Å². The summed E-state index contributed by atoms with van der Waals surface area (Å²) in [5.74, 6) is -1.71. The van der Waals surface area contributed by atoms with Gasteiger partial charge in [0.15, 0.2) is 0 Å². The average molecular weight is 320 g/mol. The van der Waals surface area contributed by atoms with Gasteiger partial charge in [-0.25, -0.2) is 8.78 Å². The van der Waals surface area contributed by atoms with Gasteiger partial charge < -0.3 is 15.0 Å². The summed E-state index contributed by atoms with van der Waals surface area (Å²) in [7, 11) is 0. The van der Waals surface area contributed by atoms with Crippen LogP contribution in [-0.2, 0) is 0 Å². The monoisotopic (exact) mass is 320 g/mol. The molecule has 23 heavy (non-hydrogen) atoms. The van der Waals surface area contributed by atoms with Gasteiger partial charge in [0.1, 0.15) is 11.6 Å². The van der Waals surface area contributed by atoms with Crippen LogP contribution in [0.4, 0.5) is 8.78 Å². The maximum absolute atomic E-state index is 14.0. The largest absolute Gasteiger partial charge is 0.391 e. The maximum Gasteiger partial charge on any atom is 0.255 e. The van der Waals surface area contributed by atoms with Gasteiger partial charge >= 0.3 is 0 Å². The molecule has 1 amide bonds. The quantitative estimate of drug-likeness (QED) is 0.883. The second kappa shape index (κ2) is 5.92. The summed E-state index contributed by atoms with van der Waals surface area (Å²) in [5, 5.41) is 9.86. The molecule has 7 heteroatoms. The molecule has 1 aromatic heterocycles. The molecular weight excluding hydrogens is 306 g/mol. The van der Waals surface area contributed by atoms with E-state index in [9.17, 15) is 23.5 Å². The SMILES string of the molecule is O=C(c1ccc(=O)[nH]c1)N1CC(O)CC1c1cc(F)ccc1F. The lowest BCUT2D eigenvalue weighted by Gasteiger charge is -2.25. The molecule has 1 fully saturated rings. The molecule has 1 aliphatic rings. The summed E-state index contributed by atoms with van der Waals surface area (Å²) in [4.78, 5) is 27.3. The van der Waals surface area contributed by atoms with Crippen molar-refractivity contribution in [2.24, 2.45) is 0 Å². The molecule has 0 radical (unpaired) electrons. The van der Waals surface area contributed by atoms with Gasteiger partial charge in [-0.2, -0.15) is 0 Å². The number of rotatable bonds is 2. The van der Waals surface area contributed by atoms with E-state index in [-0.39, 0.29) is 29.7 Å². The lowest BCUT2D eigenvalue weighted by molar-refractivity contribution is 0.0713. The van der Waals surface area contributed by atoms with E-state index in [1.54, 1.807) is 0 Å². The predicted molar refractivity (Wildman–Crippen MR) is 77.8 cm³/mol. The number of likely N-dealkylation sites (tertiary alicyclic amines) is 1. The second-order valence-corrected chi connectivity index (χ2v) is 5.47. The van der Waals surface area contributed by atoms with Gasteiger partial charge in [0.05, 0.1) is 17.7 Å². The predicted octanol–water partition coefficient (Wildman–Crippen LogP) is 1.60. The molecule has 0 aliphatic carbocycles. The third-order valence-corrected chi connectivity index (χ3v) is 3.89. The first kappa shape index (κ1) is 15.4. The number of amides is 1. The van der Waals surface area contributed by atoms with Gasteiger partial charge in [0.2, 0.25) is 5.56 Å². The van der Waals surface area contributed by atoms with E-state index in [2.05, 4.69) is 4.98 Å². The van der Waals surface area contributed by atoms with E-state index in [1.165, 1.54) is 23.2 Å². The topological polar surface area (TPSA) is 73.4 Å². The maximum atomic E-state index is 14.0. The first-order valence-electron chi connectivity index (χ1n) is 7.08. The van der Waals surface area contributed by atoms with Crippen LogP contribution in [0, 0.1) is 11.6 Å². The number of carbonyl (C=O) groups is 1. The number of pyridine rings is 1. The van der Waals surface area contributed by atoms with Crippen molar-refractivity contribution < 1.29 is 18.7 Å². The number of carbonyl (C=O) groups excluding carboxylic acids is 1. The molecule has 2 N–H and O–H groups in total. The van der Waals surface area contributed by atoms with Gasteiger partial charge in [0.25, 0.3) is 5.91 Å². The Labute approximate surface area is 130 Å². The highest BCUT2D eigenvalue weighted by Crippen LogP contribution is 2.34. The summed E-state index contributed by atoms with van der Waals surface area (Å²) in [6.07, 6.45) is 0.554. The molecule has 3 rings (SSSR count). The standard InChI is InChI=1S/C16H14F2N2O3/c17-10-2-3-13(18)12(5-10)14-6-11(21)8-20(14)16(23)9-1-4-15(22)19-7-9/h1-5,7,11,14,21H,6,8H2,(H,19,22). The Morgan fingerprint density at radius 2 is 2.04 bits per heavy atom. The van der Waals surface area contributed by atoms with E-state index in [4.69, 9.17) is 0 Å². The minimum atomic E-state index is -0.825. The zero-order valence-corrected chi connectivity index (χ0v) is 12.0. The van der Waals surface area contributed by atoms with Crippen molar-refractivity contribution in [1.82, 2.24) is 9.88 Å². The number of β-amino-alcohol motifs (C(OH)–C–C–N with tert-alkyl or cyclic N) is 1. The lowest BCUT2D eigenvalue weighted by Crippen LogP contribution is -2.32. The third kappa shape index (κ3) is 3.00. The van der Waals surface area contributed by atoms with Gasteiger partial charge in [-0.15, -0.1) is 0 Å². The van der Waals surface area contributed by atoms with Crippen molar-refractivity contribution in [1.29, 1.82) is 0 Å². The summed E-state index contributed by atoms with van der Waals surface area (Å²) in [6, 6.07) is 4.82. The number of aromatic nitrogens is 1. The van der Waals surface area contributed by atoms with E-state index < -0.39 is 29.7 Å². The van der Waals surface area contributed by atoms with Crippen molar-refractivity contribution >= 4 is 5.91 Å². The lowest BCUT2D eigenvalue weighted by atomic mass is 10.0. The fourth-order valence-electron chi connectivity index (χ4n) is 2.81. The molecule has 2 aromatic rings. The summed E-state index contributed by atoms with van der Waals surface area (Å²) < 4.78 is 27.4. The number of halogens is 2. The Hall–Kier alpha value is -2.54. The normalized spacial score (nSPS) is 20.7. The van der Waals surface area contributed by atoms with Gasteiger partial charge in [-0.05, 0) is 30.7 Å². The summed E-state index contributed by atoms with van der Waals surface area (Å²) in [6.45, 7) is 0.0125. The van der Waals surface area contributed by atoms with Crippen molar-refractivity contribution in [3.05, 3.63) is 69.6 Å². The Morgan fingerprint density at radius 3 is 2.74 bits per heavy atom. The number of H-pyrrole nitrogens is 1. The van der Waals surface area contributed by atoms with Crippen molar-refractivity contribution in [3.63, 3.8) is 0 Å². The number of hydrogen-bond acceptors (Lipinski definition) is 3. The van der Waals surface area contributed by atoms with Gasteiger partial charge in [-0.1, -0.05) is 0 Å². The van der Waals surface area contributed by atoms with Crippen LogP contribution in [0.15, 0.2) is 41.3 Å². The number of hydrogen-bond donors (Lipinski definition) is 2. The Kier molecular flexibility index (Phi) is 3.96. The van der Waals surface area contributed by atoms with Crippen molar-refractivity contribution in [2.45, 2.75) is 18.6 Å². The number of aromatic amines is 1. The molecule has 2 heterocycles. The number of nitrogens with one attached hydrogen (secondary N) is 1. The van der Waals surface area contributed by atoms with Crippen LogP contribution in [0.2, 0.25) is 0 Å². The van der Waals surface area contributed by atoms with Crippen molar-refractivity contribution in [2.75, 3.05) is 6.54 Å². The Bertz CT molecular complexity index is 786. The van der Waals surface area contributed by atoms with Crippen LogP contribution in [-0.4, -0.2) is 33.5 Å². The second-order valence-electron chi connectivity index (χ2n) is 5.47. The molecule has 2 atom stereocenters. The molecule has 2 unspecified atom stereocenters. The molecule has 0 spiro atoms. The Balaban J connectivity index is 1.96. The summed E-state index contributed by atoms with van der Waals surface area (Å²) in [5.41, 5.74) is -0.115. The van der Waals surface area contributed by atoms with E-state index in [0.29, 0.717) is 0 Å². The molecule has 0 bridgehead atoms. The first-order chi connectivity index (χ1) is 11.0. The van der Waals surface area contributed by atoms with E-state index in [0.717, 1.165) is 18.2 Å². The molecule has 120 valence electrons. The van der Waals surface area contributed by atoms with Gasteiger partial charge in [0, 0.05) is 24.4 Å². The highest BCUT2D eigenvalue weighted by molar-refractivity contribution is 5.94. The molecule has 1 aliphatic heterocycles. The molecule has 0 saturated carbocycles. The van der Waals surface area contributed by atoms with Crippen LogP contribution in [0.25, 0.3) is 0 Å². The fourth-order valence-corrected chi connectivity index (χ4v) is 2.81. The van der Waals surface area contributed by atoms with Crippen molar-refractivity contribution in [3.8, 4) is 0 Å². The first-order valence-corrected chi connectivity index (χ1v) is 7.08. The minimum absolute atomic E-state index is 0.0125. The van der Waals surface area contributed by atoms with Crippen LogP contribution >= 0.6 is 0 Å². The third-order valence-electron chi connectivity index (χ3n) is 3.89. The van der Waals surface area contributed by atoms with Gasteiger partial charge in [-0.3, -0.25) is 9.59 Å². The van der Waals surface area contributed by atoms with E-state index in [1.807, 2.05) is 0 Å².